The molecule has 1 aliphatic rings. The number of allylic oxidation sites excluding steroid dienone is 2. The van der Waals surface area contributed by atoms with Crippen LogP contribution in [0, 0.1) is 4.91 Å². The first-order valence-electron chi connectivity index (χ1n) is 4.18. The highest BCUT2D eigenvalue weighted by Crippen LogP contribution is 2.17. The van der Waals surface area contributed by atoms with E-state index >= 15 is 0 Å². The summed E-state index contributed by atoms with van der Waals surface area (Å²) < 4.78 is 5.28. The minimum Gasteiger partial charge on any atom is -0.370 e. The first-order valence-corrected chi connectivity index (χ1v) is 4.18. The predicted molar refractivity (Wildman–Crippen MR) is 51.0 cm³/mol. The van der Waals surface area contributed by atoms with Gasteiger partial charge >= 0.3 is 0 Å². The van der Waals surface area contributed by atoms with Gasteiger partial charge in [0.05, 0.1) is 0 Å². The van der Waals surface area contributed by atoms with E-state index in [9.17, 15) is 4.91 Å². The number of hydrogen-bond acceptors (Lipinski definition) is 2. The van der Waals surface area contributed by atoms with Crippen molar-refractivity contribution in [3.05, 3.63) is 40.9 Å². The Morgan fingerprint density at radius 2 is 2.31 bits per heavy atom. The van der Waals surface area contributed by atoms with E-state index in [0.29, 0.717) is 6.54 Å². The van der Waals surface area contributed by atoms with E-state index in [4.69, 9.17) is 4.74 Å². The molecule has 1 N–H and O–H groups in total. The molecule has 3 nitrogen and oxygen atoms in total. The first kappa shape index (κ1) is 9.86. The van der Waals surface area contributed by atoms with Crippen molar-refractivity contribution in [3.63, 3.8) is 0 Å². The van der Waals surface area contributed by atoms with Gasteiger partial charge in [-0.3, -0.25) is 0 Å². The van der Waals surface area contributed by atoms with Crippen LogP contribution in [0.4, 0.5) is 0 Å². The molecular weight excluding hydrogens is 166 g/mol. The maximum atomic E-state index is 10.2. The lowest BCUT2D eigenvalue weighted by Gasteiger charge is -2.18. The van der Waals surface area contributed by atoms with Crippen molar-refractivity contribution in [2.45, 2.75) is 12.5 Å². The predicted octanol–water partition coefficient (Wildman–Crippen LogP) is 0.291. The van der Waals surface area contributed by atoms with E-state index in [-0.39, 0.29) is 5.60 Å². The van der Waals surface area contributed by atoms with Crippen LogP contribution in [-0.4, -0.2) is 19.3 Å². The third kappa shape index (κ3) is 2.63. The van der Waals surface area contributed by atoms with Gasteiger partial charge in [0.2, 0.25) is 6.54 Å². The summed E-state index contributed by atoms with van der Waals surface area (Å²) in [6, 6.07) is 0. The molecule has 0 amide bonds. The number of nitroso groups, excluding NO2 is 1. The molecule has 0 radical (unpaired) electrons. The molecule has 1 aliphatic carbocycles. The van der Waals surface area contributed by atoms with Gasteiger partial charge in [-0.25, -0.2) is 0 Å². The lowest BCUT2D eigenvalue weighted by atomic mass is 10.1. The standard InChI is InChI=1S/C10H13NO2/c1-10(13-2)6-3-4-9(5-7-10)8-11-12/h3-7H,8H2,1-2H3/p+1. The fourth-order valence-corrected chi connectivity index (χ4v) is 1.08. The highest BCUT2D eigenvalue weighted by atomic mass is 16.5. The van der Waals surface area contributed by atoms with Crippen molar-refractivity contribution in [3.8, 4) is 0 Å². The third-order valence-electron chi connectivity index (χ3n) is 2.08. The number of ether oxygens (including phenoxy) is 1. The molecule has 1 unspecified atom stereocenters. The molecule has 0 fully saturated rings. The number of methoxy groups -OCH3 is 1. The highest BCUT2D eigenvalue weighted by molar-refractivity contribution is 5.32. The zero-order chi connectivity index (χ0) is 9.73. The average Bonchev–Trinajstić information content (AvgIpc) is 2.31. The van der Waals surface area contributed by atoms with Crippen molar-refractivity contribution < 1.29 is 9.91 Å². The normalized spacial score (nSPS) is 26.8. The molecule has 0 aliphatic heterocycles. The van der Waals surface area contributed by atoms with Gasteiger partial charge in [0, 0.05) is 17.6 Å². The van der Waals surface area contributed by atoms with E-state index in [1.807, 2.05) is 42.5 Å². The molecule has 70 valence electrons. The van der Waals surface area contributed by atoms with Gasteiger partial charge in [0.1, 0.15) is 5.60 Å². The van der Waals surface area contributed by atoms with Gasteiger partial charge in [-0.2, -0.15) is 0 Å². The van der Waals surface area contributed by atoms with Crippen LogP contribution >= 0.6 is 0 Å². The summed E-state index contributed by atoms with van der Waals surface area (Å²) in [4.78, 5) is 10.2. The molecule has 13 heavy (non-hydrogen) atoms. The Bertz CT molecular complexity index is 279. The van der Waals surface area contributed by atoms with Gasteiger partial charge < -0.3 is 4.74 Å². The van der Waals surface area contributed by atoms with Crippen LogP contribution in [0.3, 0.4) is 0 Å². The second-order valence-electron chi connectivity index (χ2n) is 3.14. The average molecular weight is 180 g/mol. The van der Waals surface area contributed by atoms with Gasteiger partial charge in [-0.1, -0.05) is 18.2 Å². The lowest BCUT2D eigenvalue weighted by Crippen LogP contribution is -2.64. The Morgan fingerprint density at radius 3 is 2.92 bits per heavy atom. The summed E-state index contributed by atoms with van der Waals surface area (Å²) in [5.74, 6) is 0. The SMILES string of the molecule is COC1(C)C=CC=C(C[NH+]=O)C=C1. The van der Waals surface area contributed by atoms with Crippen molar-refractivity contribution in [2.24, 2.45) is 0 Å². The Morgan fingerprint density at radius 1 is 1.54 bits per heavy atom. The molecule has 3 heteroatoms. The maximum absolute atomic E-state index is 10.2. The van der Waals surface area contributed by atoms with E-state index in [1.54, 1.807) is 7.11 Å². The molecule has 0 aromatic carbocycles. The van der Waals surface area contributed by atoms with E-state index in [0.717, 1.165) is 5.57 Å². The van der Waals surface area contributed by atoms with Crippen LogP contribution in [0.5, 0.6) is 0 Å². The largest absolute Gasteiger partial charge is 0.370 e. The molecule has 0 heterocycles. The molecule has 0 saturated heterocycles. The number of nitrogens with one attached hydrogen (secondary N) is 1. The Kier molecular flexibility index (Phi) is 3.14. The molecule has 0 aromatic rings. The smallest absolute Gasteiger partial charge is 0.214 e. The van der Waals surface area contributed by atoms with Gasteiger partial charge in [0.15, 0.2) is 0 Å². The maximum Gasteiger partial charge on any atom is 0.214 e. The molecule has 0 bridgehead atoms. The van der Waals surface area contributed by atoms with Crippen molar-refractivity contribution in [1.82, 2.24) is 0 Å². The number of rotatable bonds is 3. The van der Waals surface area contributed by atoms with Crippen LogP contribution in [0.15, 0.2) is 36.0 Å². The van der Waals surface area contributed by atoms with E-state index < -0.39 is 0 Å². The zero-order valence-electron chi connectivity index (χ0n) is 7.91. The minimum atomic E-state index is -0.360. The Balaban J connectivity index is 2.79. The fraction of sp³-hybridized carbons (Fsp3) is 0.400. The second kappa shape index (κ2) is 4.14. The summed E-state index contributed by atoms with van der Waals surface area (Å²) in [7, 11) is 1.66. The second-order valence-corrected chi connectivity index (χ2v) is 3.14. The molecule has 0 spiro atoms. The molecule has 1 rings (SSSR count). The minimum absolute atomic E-state index is 0.334. The molecule has 0 saturated carbocycles. The van der Waals surface area contributed by atoms with Crippen LogP contribution in [-0.2, 0) is 4.74 Å². The first-order chi connectivity index (χ1) is 6.20. The third-order valence-corrected chi connectivity index (χ3v) is 2.08. The molecular formula is C10H14NO2+. The summed E-state index contributed by atoms with van der Waals surface area (Å²) >= 11 is 0. The summed E-state index contributed by atoms with van der Waals surface area (Å²) in [5, 5.41) is 1.87. The number of hydrogen-bond donors (Lipinski definition) is 1. The zero-order valence-corrected chi connectivity index (χ0v) is 7.91. The van der Waals surface area contributed by atoms with Gasteiger partial charge in [-0.15, -0.1) is 0 Å². The highest BCUT2D eigenvalue weighted by Gasteiger charge is 2.16. The monoisotopic (exact) mass is 180 g/mol. The quantitative estimate of drug-likeness (QED) is 0.678. The summed E-state index contributed by atoms with van der Waals surface area (Å²) in [6.07, 6.45) is 9.57. The molecule has 1 atom stereocenters. The van der Waals surface area contributed by atoms with Crippen LogP contribution in [0.1, 0.15) is 6.92 Å². The Labute approximate surface area is 77.8 Å². The Hall–Kier alpha value is -1.22. The van der Waals surface area contributed by atoms with E-state index in [1.165, 1.54) is 0 Å². The lowest BCUT2D eigenvalue weighted by molar-refractivity contribution is -0.470. The van der Waals surface area contributed by atoms with E-state index in [2.05, 4.69) is 0 Å². The summed E-state index contributed by atoms with van der Waals surface area (Å²) in [6.45, 7) is 2.29. The topological polar surface area (TPSA) is 40.3 Å². The van der Waals surface area contributed by atoms with Crippen molar-refractivity contribution in [2.75, 3.05) is 13.7 Å². The molecule has 0 aromatic heterocycles. The van der Waals surface area contributed by atoms with Crippen molar-refractivity contribution in [1.29, 1.82) is 0 Å². The van der Waals surface area contributed by atoms with Crippen LogP contribution in [0.25, 0.3) is 0 Å². The fourth-order valence-electron chi connectivity index (χ4n) is 1.08. The summed E-state index contributed by atoms with van der Waals surface area (Å²) in [5.41, 5.74) is 0.591. The van der Waals surface area contributed by atoms with Crippen molar-refractivity contribution >= 4 is 0 Å². The van der Waals surface area contributed by atoms with Crippen LogP contribution < -0.4 is 5.18 Å². The van der Waals surface area contributed by atoms with Crippen LogP contribution in [0.2, 0.25) is 0 Å². The van der Waals surface area contributed by atoms with Gasteiger partial charge in [0.25, 0.3) is 0 Å². The van der Waals surface area contributed by atoms with Gasteiger partial charge in [-0.05, 0) is 24.3 Å².